The molecule has 0 spiro atoms. The van der Waals surface area contributed by atoms with Crippen molar-refractivity contribution in [2.75, 3.05) is 26.4 Å². The summed E-state index contributed by atoms with van der Waals surface area (Å²) in [6.45, 7) is 3.37. The molecule has 0 amide bonds. The van der Waals surface area contributed by atoms with E-state index >= 15 is 0 Å². The molecular formula is C65H119O24P. The van der Waals surface area contributed by atoms with Crippen LogP contribution in [-0.2, 0) is 61.2 Å². The zero-order valence-electron chi connectivity index (χ0n) is 54.4. The summed E-state index contributed by atoms with van der Waals surface area (Å²) in [5, 5.41) is 110. The highest BCUT2D eigenvalue weighted by Crippen LogP contribution is 2.49. The monoisotopic (exact) mass is 1310 g/mol. The summed E-state index contributed by atoms with van der Waals surface area (Å²) in [5.41, 5.74) is 0. The molecule has 3 rings (SSSR count). The van der Waals surface area contributed by atoms with E-state index in [1.54, 1.807) is 0 Å². The number of aliphatic hydroxyl groups is 10. The van der Waals surface area contributed by atoms with Gasteiger partial charge in [-0.05, 0) is 44.9 Å². The molecule has 3 aliphatic rings. The van der Waals surface area contributed by atoms with E-state index in [4.69, 9.17) is 42.2 Å². The van der Waals surface area contributed by atoms with Crippen LogP contribution >= 0.6 is 7.82 Å². The van der Waals surface area contributed by atoms with Gasteiger partial charge in [-0.25, -0.2) is 4.57 Å². The number of hydrogen-bond acceptors (Lipinski definition) is 23. The van der Waals surface area contributed by atoms with E-state index in [0.29, 0.717) is 19.3 Å². The number of phosphoric acid groups is 1. The van der Waals surface area contributed by atoms with Gasteiger partial charge in [-0.3, -0.25) is 23.4 Å². The molecule has 3 fully saturated rings. The van der Waals surface area contributed by atoms with Crippen molar-refractivity contribution in [2.24, 2.45) is 0 Å². The van der Waals surface area contributed by atoms with E-state index in [2.05, 4.69) is 32.9 Å². The van der Waals surface area contributed by atoms with Gasteiger partial charge >= 0.3 is 25.7 Å². The Balaban J connectivity index is 1.78. The predicted molar refractivity (Wildman–Crippen MR) is 333 cm³/mol. The zero-order valence-corrected chi connectivity index (χ0v) is 55.3. The van der Waals surface area contributed by atoms with Crippen LogP contribution in [0.15, 0.2) is 12.2 Å². The van der Waals surface area contributed by atoms with Gasteiger partial charge in [0.1, 0.15) is 98.7 Å². The van der Waals surface area contributed by atoms with Crippen molar-refractivity contribution in [2.45, 2.75) is 356 Å². The Morgan fingerprint density at radius 2 is 0.778 bits per heavy atom. The first-order chi connectivity index (χ1) is 43.3. The van der Waals surface area contributed by atoms with Crippen molar-refractivity contribution in [1.82, 2.24) is 0 Å². The van der Waals surface area contributed by atoms with Crippen LogP contribution in [0.3, 0.4) is 0 Å². The average molecular weight is 1320 g/mol. The summed E-state index contributed by atoms with van der Waals surface area (Å²) in [4.78, 5) is 50.7. The molecule has 0 aromatic heterocycles. The largest absolute Gasteiger partial charge is 0.472 e. The second-order valence-electron chi connectivity index (χ2n) is 24.9. The van der Waals surface area contributed by atoms with Gasteiger partial charge in [-0.15, -0.1) is 0 Å². The molecular weight excluding hydrogens is 1200 g/mol. The molecule has 18 unspecified atom stereocenters. The first-order valence-corrected chi connectivity index (χ1v) is 36.0. The van der Waals surface area contributed by atoms with E-state index in [1.165, 1.54) is 96.3 Å². The van der Waals surface area contributed by atoms with Gasteiger partial charge in [0.25, 0.3) is 0 Å². The lowest BCUT2D eigenvalue weighted by molar-refractivity contribution is -0.360. The lowest BCUT2D eigenvalue weighted by Crippen LogP contribution is -2.69. The standard InChI is InChI=1S/C65H119O24P/c1-4-7-10-13-16-19-22-23-26-28-31-34-37-40-50(68)82-45-48-53(71)55(73)60(78)65(86-48)88-62-58(76)56(74)57(75)61(87-64-59(77)54(72)52(70)47(42-66)85-64)63(62)89-90(79,80)83-44-46(84-51(69)41-38-35-32-29-25-21-18-15-12-9-6-3)43-81-49(67)39-36-33-30-27-24-20-17-14-11-8-5-2/h23,26,46-48,52-66,70-78H,4-22,24-25,27-45H2,1-3H3,(H,79,80)/b26-23-. The minimum absolute atomic E-state index is 0.00919. The van der Waals surface area contributed by atoms with Crippen LogP contribution in [0.4, 0.5) is 0 Å². The molecule has 1 saturated carbocycles. The Morgan fingerprint density at radius 3 is 1.21 bits per heavy atom. The van der Waals surface area contributed by atoms with Crippen molar-refractivity contribution in [3.8, 4) is 0 Å². The number of hydrogen-bond donors (Lipinski definition) is 11. The van der Waals surface area contributed by atoms with Crippen molar-refractivity contribution < 1.29 is 117 Å². The van der Waals surface area contributed by atoms with Gasteiger partial charge in [0, 0.05) is 19.3 Å². The van der Waals surface area contributed by atoms with Gasteiger partial charge in [0.15, 0.2) is 18.7 Å². The highest BCUT2D eigenvalue weighted by atomic mass is 31.2. The lowest BCUT2D eigenvalue weighted by Gasteiger charge is -2.49. The Hall–Kier alpha value is -2.30. The van der Waals surface area contributed by atoms with Gasteiger partial charge in [0.2, 0.25) is 0 Å². The van der Waals surface area contributed by atoms with E-state index in [0.717, 1.165) is 96.3 Å². The maximum atomic E-state index is 14.3. The van der Waals surface area contributed by atoms with Crippen molar-refractivity contribution >= 4 is 25.7 Å². The highest BCUT2D eigenvalue weighted by molar-refractivity contribution is 7.47. The van der Waals surface area contributed by atoms with Crippen LogP contribution in [0.5, 0.6) is 0 Å². The fourth-order valence-electron chi connectivity index (χ4n) is 11.3. The molecule has 2 aliphatic heterocycles. The number of phosphoric ester groups is 1. The van der Waals surface area contributed by atoms with Crippen LogP contribution in [0.1, 0.15) is 252 Å². The second-order valence-corrected chi connectivity index (χ2v) is 26.3. The summed E-state index contributed by atoms with van der Waals surface area (Å²) in [5.74, 6) is -2.00. The first-order valence-electron chi connectivity index (χ1n) is 34.5. The Morgan fingerprint density at radius 1 is 0.422 bits per heavy atom. The Labute approximate surface area is 535 Å². The molecule has 0 aromatic carbocycles. The molecule has 2 heterocycles. The molecule has 528 valence electrons. The molecule has 0 bridgehead atoms. The molecule has 25 heteroatoms. The van der Waals surface area contributed by atoms with Crippen LogP contribution in [-0.4, -0.2) is 204 Å². The number of carbonyl (C=O) groups excluding carboxylic acids is 3. The van der Waals surface area contributed by atoms with Crippen LogP contribution in [0.2, 0.25) is 0 Å². The SMILES string of the molecule is CCCCCCCC/C=C\CCCCCC(=O)OCC1OC(OC2C(O)C(O)C(O)C(OC3OC(CO)C(O)C(O)C3O)C2OP(=O)(O)OCC(COC(=O)CCCCCCCCCCCCC)OC(=O)CCCCCCCCCCCCC)C(O)C(O)C1O. The first kappa shape index (κ1) is 81.9. The maximum absolute atomic E-state index is 14.3. The van der Waals surface area contributed by atoms with Crippen molar-refractivity contribution in [1.29, 1.82) is 0 Å². The Bertz CT molecular complexity index is 1940. The van der Waals surface area contributed by atoms with E-state index in [1.807, 2.05) is 0 Å². The summed E-state index contributed by atoms with van der Waals surface area (Å²) >= 11 is 0. The molecule has 1 aliphatic carbocycles. The number of unbranched alkanes of at least 4 members (excludes halogenated alkanes) is 29. The Kier molecular flexibility index (Phi) is 44.1. The van der Waals surface area contributed by atoms with Crippen LogP contribution in [0, 0.1) is 0 Å². The normalized spacial score (nSPS) is 29.0. The van der Waals surface area contributed by atoms with Gasteiger partial charge in [-0.1, -0.05) is 200 Å². The second kappa shape index (κ2) is 48.4. The molecule has 11 N–H and O–H groups in total. The van der Waals surface area contributed by atoms with E-state index < -0.39 is 156 Å². The predicted octanol–water partition coefficient (Wildman–Crippen LogP) is 7.62. The number of carbonyl (C=O) groups is 3. The van der Waals surface area contributed by atoms with Crippen molar-refractivity contribution in [3.05, 3.63) is 12.2 Å². The summed E-state index contributed by atoms with van der Waals surface area (Å²) in [6, 6.07) is 0. The summed E-state index contributed by atoms with van der Waals surface area (Å²) in [6.07, 6.45) is 3.36. The minimum atomic E-state index is -5.68. The fraction of sp³-hybridized carbons (Fsp3) is 0.923. The lowest BCUT2D eigenvalue weighted by atomic mass is 9.84. The molecule has 90 heavy (non-hydrogen) atoms. The topological polar surface area (TPSA) is 374 Å². The quantitative estimate of drug-likeness (QED) is 0.00916. The number of allylic oxidation sites excluding steroid dienone is 2. The minimum Gasteiger partial charge on any atom is -0.463 e. The van der Waals surface area contributed by atoms with Gasteiger partial charge < -0.3 is 89.1 Å². The summed E-state index contributed by atoms with van der Waals surface area (Å²) < 4.78 is 64.7. The summed E-state index contributed by atoms with van der Waals surface area (Å²) in [7, 11) is -5.68. The number of aliphatic hydroxyl groups excluding tert-OH is 10. The number of rotatable bonds is 52. The average Bonchev–Trinajstić information content (AvgIpc) is 0.803. The van der Waals surface area contributed by atoms with E-state index in [-0.39, 0.29) is 19.3 Å². The molecule has 0 radical (unpaired) electrons. The third kappa shape index (κ3) is 32.4. The van der Waals surface area contributed by atoms with Crippen molar-refractivity contribution in [3.63, 3.8) is 0 Å². The van der Waals surface area contributed by atoms with Crippen LogP contribution < -0.4 is 0 Å². The molecule has 24 nitrogen and oxygen atoms in total. The highest BCUT2D eigenvalue weighted by Gasteiger charge is 2.58. The van der Waals surface area contributed by atoms with Gasteiger partial charge in [0.05, 0.1) is 13.2 Å². The number of esters is 3. The molecule has 2 saturated heterocycles. The van der Waals surface area contributed by atoms with Crippen LogP contribution in [0.25, 0.3) is 0 Å². The third-order valence-corrected chi connectivity index (χ3v) is 18.0. The fourth-order valence-corrected chi connectivity index (χ4v) is 12.3. The molecule has 18 atom stereocenters. The smallest absolute Gasteiger partial charge is 0.463 e. The third-order valence-electron chi connectivity index (χ3n) is 17.0. The van der Waals surface area contributed by atoms with E-state index in [9.17, 15) is 74.9 Å². The maximum Gasteiger partial charge on any atom is 0.472 e. The number of ether oxygens (including phenoxy) is 7. The zero-order chi connectivity index (χ0) is 66.1. The molecule has 0 aromatic rings. The van der Waals surface area contributed by atoms with Gasteiger partial charge in [-0.2, -0.15) is 0 Å².